The molecule has 0 spiro atoms. The highest BCUT2D eigenvalue weighted by atomic mass is 19.1. The molecular formula is C21H30FN3O2. The van der Waals surface area contributed by atoms with Crippen LogP contribution in [0.1, 0.15) is 43.7 Å². The molecule has 4 unspecified atom stereocenters. The van der Waals surface area contributed by atoms with E-state index in [2.05, 4.69) is 15.5 Å². The zero-order valence-electron chi connectivity index (χ0n) is 15.8. The van der Waals surface area contributed by atoms with Crippen LogP contribution in [0.3, 0.4) is 0 Å². The van der Waals surface area contributed by atoms with Crippen molar-refractivity contribution in [2.75, 3.05) is 32.8 Å². The Hall–Kier alpha value is -1.50. The summed E-state index contributed by atoms with van der Waals surface area (Å²) in [5.41, 5.74) is 1.03. The van der Waals surface area contributed by atoms with Gasteiger partial charge in [0.05, 0.1) is 25.3 Å². The minimum Gasteiger partial charge on any atom is -0.379 e. The molecule has 5 nitrogen and oxygen atoms in total. The molecule has 0 radical (unpaired) electrons. The van der Waals surface area contributed by atoms with E-state index >= 15 is 0 Å². The summed E-state index contributed by atoms with van der Waals surface area (Å²) in [6.45, 7) is 3.57. The van der Waals surface area contributed by atoms with Crippen molar-refractivity contribution in [2.45, 2.75) is 50.2 Å². The van der Waals surface area contributed by atoms with Crippen LogP contribution in [-0.2, 0) is 9.53 Å². The van der Waals surface area contributed by atoms with Crippen LogP contribution in [0.15, 0.2) is 24.3 Å². The van der Waals surface area contributed by atoms with Crippen molar-refractivity contribution in [3.8, 4) is 0 Å². The van der Waals surface area contributed by atoms with E-state index in [1.54, 1.807) is 0 Å². The lowest BCUT2D eigenvalue weighted by Gasteiger charge is -2.35. The molecule has 3 aliphatic rings. The Morgan fingerprint density at radius 3 is 2.70 bits per heavy atom. The molecule has 2 N–H and O–H groups in total. The molecule has 6 heteroatoms. The number of amides is 1. The molecule has 1 aromatic rings. The average molecular weight is 375 g/mol. The Morgan fingerprint density at radius 1 is 1.22 bits per heavy atom. The van der Waals surface area contributed by atoms with Gasteiger partial charge in [0.25, 0.3) is 0 Å². The molecule has 2 saturated heterocycles. The fraction of sp³-hybridized carbons (Fsp3) is 0.667. The van der Waals surface area contributed by atoms with E-state index in [0.717, 1.165) is 25.1 Å². The second-order valence-corrected chi connectivity index (χ2v) is 8.07. The minimum absolute atomic E-state index is 0.0436. The second kappa shape index (κ2) is 8.67. The zero-order chi connectivity index (χ0) is 18.6. The lowest BCUT2D eigenvalue weighted by atomic mass is 9.85. The number of nitrogens with one attached hydrogen (secondary N) is 2. The van der Waals surface area contributed by atoms with Crippen LogP contribution < -0.4 is 10.6 Å². The minimum atomic E-state index is -0.235. The van der Waals surface area contributed by atoms with Crippen molar-refractivity contribution < 1.29 is 13.9 Å². The van der Waals surface area contributed by atoms with Crippen LogP contribution in [0.4, 0.5) is 4.39 Å². The standard InChI is InChI=1S/C21H30FN3O2/c22-17-7-5-15(6-8-17)20(25-9-11-27-12-10-25)14-23-21(26)19-13-16-3-1-2-4-18(16)24-19/h5-8,16,18-20,24H,1-4,9-14H2,(H,23,26). The molecule has 1 aliphatic carbocycles. The van der Waals surface area contributed by atoms with Gasteiger partial charge in [-0.1, -0.05) is 25.0 Å². The molecule has 1 aromatic carbocycles. The number of rotatable bonds is 5. The Balaban J connectivity index is 1.39. The van der Waals surface area contributed by atoms with Gasteiger partial charge in [-0.15, -0.1) is 0 Å². The molecule has 27 heavy (non-hydrogen) atoms. The van der Waals surface area contributed by atoms with Crippen molar-refractivity contribution in [3.63, 3.8) is 0 Å². The van der Waals surface area contributed by atoms with E-state index in [1.807, 2.05) is 12.1 Å². The summed E-state index contributed by atoms with van der Waals surface area (Å²) in [6.07, 6.45) is 5.95. The van der Waals surface area contributed by atoms with Crippen LogP contribution in [0, 0.1) is 11.7 Å². The summed E-state index contributed by atoms with van der Waals surface area (Å²) >= 11 is 0. The molecular weight excluding hydrogens is 345 g/mol. The van der Waals surface area contributed by atoms with Crippen molar-refractivity contribution in [2.24, 2.45) is 5.92 Å². The van der Waals surface area contributed by atoms with Crippen molar-refractivity contribution >= 4 is 5.91 Å². The first kappa shape index (κ1) is 18.8. The molecule has 1 amide bonds. The molecule has 1 saturated carbocycles. The summed E-state index contributed by atoms with van der Waals surface area (Å²) in [4.78, 5) is 15.1. The maximum Gasteiger partial charge on any atom is 0.237 e. The number of ether oxygens (including phenoxy) is 1. The van der Waals surface area contributed by atoms with Gasteiger partial charge in [0.15, 0.2) is 0 Å². The first-order valence-electron chi connectivity index (χ1n) is 10.3. The molecule has 0 aromatic heterocycles. The Kier molecular flexibility index (Phi) is 6.05. The number of hydrogen-bond acceptors (Lipinski definition) is 4. The number of hydrogen-bond donors (Lipinski definition) is 2. The van der Waals surface area contributed by atoms with E-state index in [9.17, 15) is 9.18 Å². The van der Waals surface area contributed by atoms with Gasteiger partial charge in [-0.05, 0) is 42.9 Å². The number of halogens is 1. The quantitative estimate of drug-likeness (QED) is 0.829. The second-order valence-electron chi connectivity index (χ2n) is 8.07. The summed E-state index contributed by atoms with van der Waals surface area (Å²) in [6, 6.07) is 7.12. The first-order valence-corrected chi connectivity index (χ1v) is 10.3. The summed E-state index contributed by atoms with van der Waals surface area (Å²) in [5.74, 6) is 0.521. The third-order valence-electron chi connectivity index (χ3n) is 6.39. The number of nitrogens with zero attached hydrogens (tertiary/aromatic N) is 1. The van der Waals surface area contributed by atoms with Gasteiger partial charge < -0.3 is 15.4 Å². The normalized spacial score (nSPS) is 29.9. The van der Waals surface area contributed by atoms with Crippen LogP contribution in [0.2, 0.25) is 0 Å². The fourth-order valence-electron chi connectivity index (χ4n) is 4.87. The molecule has 3 fully saturated rings. The van der Waals surface area contributed by atoms with Gasteiger partial charge in [0, 0.05) is 25.7 Å². The van der Waals surface area contributed by atoms with Gasteiger partial charge in [-0.25, -0.2) is 4.39 Å². The lowest BCUT2D eigenvalue weighted by molar-refractivity contribution is -0.123. The van der Waals surface area contributed by atoms with E-state index in [-0.39, 0.29) is 23.8 Å². The Bertz CT molecular complexity index is 619. The third-order valence-corrected chi connectivity index (χ3v) is 6.39. The van der Waals surface area contributed by atoms with Gasteiger partial charge in [-0.2, -0.15) is 0 Å². The third kappa shape index (κ3) is 4.50. The van der Waals surface area contributed by atoms with Crippen molar-refractivity contribution in [1.29, 1.82) is 0 Å². The van der Waals surface area contributed by atoms with Crippen LogP contribution in [-0.4, -0.2) is 55.7 Å². The average Bonchev–Trinajstić information content (AvgIpc) is 3.14. The van der Waals surface area contributed by atoms with Crippen LogP contribution in [0.5, 0.6) is 0 Å². The SMILES string of the molecule is O=C(NCC(c1ccc(F)cc1)N1CCOCC1)C1CC2CCCCC2N1. The summed E-state index contributed by atoms with van der Waals surface area (Å²) in [5, 5.41) is 6.72. The topological polar surface area (TPSA) is 53.6 Å². The maximum atomic E-state index is 13.3. The molecule has 4 rings (SSSR count). The van der Waals surface area contributed by atoms with Gasteiger partial charge >= 0.3 is 0 Å². The molecule has 4 atom stereocenters. The van der Waals surface area contributed by atoms with E-state index in [4.69, 9.17) is 4.74 Å². The van der Waals surface area contributed by atoms with Gasteiger partial charge in [0.2, 0.25) is 5.91 Å². The smallest absolute Gasteiger partial charge is 0.237 e. The Morgan fingerprint density at radius 2 is 1.96 bits per heavy atom. The monoisotopic (exact) mass is 375 g/mol. The predicted octanol–water partition coefficient (Wildman–Crippen LogP) is 2.24. The van der Waals surface area contributed by atoms with Crippen LogP contribution >= 0.6 is 0 Å². The first-order chi connectivity index (χ1) is 13.2. The highest BCUT2D eigenvalue weighted by Gasteiger charge is 2.38. The molecule has 2 heterocycles. The van der Waals surface area contributed by atoms with E-state index in [0.29, 0.717) is 31.7 Å². The Labute approximate surface area is 160 Å². The van der Waals surface area contributed by atoms with Crippen molar-refractivity contribution in [3.05, 3.63) is 35.6 Å². The number of morpholine rings is 1. The summed E-state index contributed by atoms with van der Waals surface area (Å²) < 4.78 is 18.8. The largest absolute Gasteiger partial charge is 0.379 e. The number of fused-ring (bicyclic) bond motifs is 1. The highest BCUT2D eigenvalue weighted by Crippen LogP contribution is 2.33. The van der Waals surface area contributed by atoms with E-state index < -0.39 is 0 Å². The number of carbonyl (C=O) groups excluding carboxylic acids is 1. The maximum absolute atomic E-state index is 13.3. The summed E-state index contributed by atoms with van der Waals surface area (Å²) in [7, 11) is 0. The fourth-order valence-corrected chi connectivity index (χ4v) is 4.87. The number of benzene rings is 1. The van der Waals surface area contributed by atoms with Gasteiger partial charge in [-0.3, -0.25) is 9.69 Å². The number of carbonyl (C=O) groups is 1. The lowest BCUT2D eigenvalue weighted by Crippen LogP contribution is -2.47. The van der Waals surface area contributed by atoms with Crippen molar-refractivity contribution in [1.82, 2.24) is 15.5 Å². The van der Waals surface area contributed by atoms with E-state index in [1.165, 1.54) is 37.8 Å². The molecule has 148 valence electrons. The molecule has 2 aliphatic heterocycles. The molecule has 0 bridgehead atoms. The predicted molar refractivity (Wildman–Crippen MR) is 102 cm³/mol. The zero-order valence-corrected chi connectivity index (χ0v) is 15.8. The van der Waals surface area contributed by atoms with Gasteiger partial charge in [0.1, 0.15) is 5.82 Å². The van der Waals surface area contributed by atoms with Crippen LogP contribution in [0.25, 0.3) is 0 Å². The highest BCUT2D eigenvalue weighted by molar-refractivity contribution is 5.82.